The van der Waals surface area contributed by atoms with Gasteiger partial charge in [-0.05, 0) is 52.2 Å². The van der Waals surface area contributed by atoms with Gasteiger partial charge in [-0.3, -0.25) is 4.98 Å². The van der Waals surface area contributed by atoms with Gasteiger partial charge in [0.2, 0.25) is 0 Å². The molecule has 0 saturated carbocycles. The standard InChI is InChI=1S/C18H17BrN4/c19-15-10-22-18(17-14(15)6-3-8-21-17)23-11-16-13-5-2-1-4-12(13)7-9-20-16/h1-6,8,10,16,20H,7,9,11H2,(H,22,23). The van der Waals surface area contributed by atoms with Gasteiger partial charge in [0, 0.05) is 34.8 Å². The molecule has 4 nitrogen and oxygen atoms in total. The van der Waals surface area contributed by atoms with E-state index in [2.05, 4.69) is 60.8 Å². The molecule has 1 aliphatic rings. The number of nitrogens with one attached hydrogen (secondary N) is 2. The first-order valence-corrected chi connectivity index (χ1v) is 8.56. The maximum Gasteiger partial charge on any atom is 0.152 e. The second-order valence-corrected chi connectivity index (χ2v) is 6.55. The van der Waals surface area contributed by atoms with Crippen LogP contribution in [0.15, 0.2) is 53.3 Å². The zero-order valence-corrected chi connectivity index (χ0v) is 14.2. The van der Waals surface area contributed by atoms with Crippen LogP contribution in [0.25, 0.3) is 10.9 Å². The summed E-state index contributed by atoms with van der Waals surface area (Å²) in [6, 6.07) is 12.9. The molecule has 0 amide bonds. The number of aromatic nitrogens is 2. The number of anilines is 1. The molecule has 0 radical (unpaired) electrons. The highest BCUT2D eigenvalue weighted by atomic mass is 79.9. The van der Waals surface area contributed by atoms with Gasteiger partial charge in [-0.2, -0.15) is 0 Å². The lowest BCUT2D eigenvalue weighted by Gasteiger charge is -2.27. The van der Waals surface area contributed by atoms with E-state index in [-0.39, 0.29) is 0 Å². The third-order valence-corrected chi connectivity index (χ3v) is 4.92. The first kappa shape index (κ1) is 14.6. The maximum atomic E-state index is 4.50. The Labute approximate surface area is 143 Å². The molecule has 5 heteroatoms. The Morgan fingerprint density at radius 1 is 1.17 bits per heavy atom. The van der Waals surface area contributed by atoms with Crippen molar-refractivity contribution in [3.63, 3.8) is 0 Å². The summed E-state index contributed by atoms with van der Waals surface area (Å²) in [6.45, 7) is 1.80. The average Bonchev–Trinajstić information content (AvgIpc) is 2.61. The van der Waals surface area contributed by atoms with E-state index in [1.54, 1.807) is 6.20 Å². The zero-order chi connectivity index (χ0) is 15.6. The smallest absolute Gasteiger partial charge is 0.152 e. The van der Waals surface area contributed by atoms with E-state index in [1.807, 2.05) is 18.3 Å². The first-order valence-electron chi connectivity index (χ1n) is 7.77. The number of halogens is 1. The van der Waals surface area contributed by atoms with Crippen LogP contribution in [0.5, 0.6) is 0 Å². The Morgan fingerprint density at radius 3 is 3.04 bits per heavy atom. The lowest BCUT2D eigenvalue weighted by molar-refractivity contribution is 0.523. The van der Waals surface area contributed by atoms with E-state index in [4.69, 9.17) is 0 Å². The van der Waals surface area contributed by atoms with Gasteiger partial charge >= 0.3 is 0 Å². The number of hydrogen-bond donors (Lipinski definition) is 2. The van der Waals surface area contributed by atoms with Crippen molar-refractivity contribution >= 4 is 32.7 Å². The van der Waals surface area contributed by atoms with Crippen molar-refractivity contribution in [1.29, 1.82) is 0 Å². The summed E-state index contributed by atoms with van der Waals surface area (Å²) in [7, 11) is 0. The summed E-state index contributed by atoms with van der Waals surface area (Å²) in [5.41, 5.74) is 3.70. The fourth-order valence-electron chi connectivity index (χ4n) is 3.14. The average molecular weight is 369 g/mol. The fourth-order valence-corrected chi connectivity index (χ4v) is 3.56. The van der Waals surface area contributed by atoms with Crippen LogP contribution in [-0.4, -0.2) is 23.1 Å². The second-order valence-electron chi connectivity index (χ2n) is 5.69. The van der Waals surface area contributed by atoms with Gasteiger partial charge in [-0.1, -0.05) is 24.3 Å². The summed E-state index contributed by atoms with van der Waals surface area (Å²) in [4.78, 5) is 8.97. The van der Waals surface area contributed by atoms with Crippen molar-refractivity contribution in [3.05, 3.63) is 64.4 Å². The Hall–Kier alpha value is -1.98. The van der Waals surface area contributed by atoms with Crippen LogP contribution in [0.3, 0.4) is 0 Å². The number of benzene rings is 1. The predicted octanol–water partition coefficient (Wildman–Crippen LogP) is 3.69. The highest BCUT2D eigenvalue weighted by Gasteiger charge is 2.19. The quantitative estimate of drug-likeness (QED) is 0.739. The van der Waals surface area contributed by atoms with E-state index >= 15 is 0 Å². The fraction of sp³-hybridized carbons (Fsp3) is 0.222. The minimum absolute atomic E-state index is 0.296. The van der Waals surface area contributed by atoms with Crippen LogP contribution in [0.1, 0.15) is 17.2 Å². The van der Waals surface area contributed by atoms with E-state index < -0.39 is 0 Å². The molecule has 3 aromatic rings. The van der Waals surface area contributed by atoms with Crippen LogP contribution in [0, 0.1) is 0 Å². The Balaban J connectivity index is 1.60. The molecule has 1 unspecified atom stereocenters. The van der Waals surface area contributed by atoms with Crippen LogP contribution in [0.4, 0.5) is 5.82 Å². The van der Waals surface area contributed by atoms with E-state index in [0.717, 1.165) is 40.7 Å². The topological polar surface area (TPSA) is 49.8 Å². The molecular formula is C18H17BrN4. The van der Waals surface area contributed by atoms with Gasteiger partial charge in [-0.25, -0.2) is 4.98 Å². The number of fused-ring (bicyclic) bond motifs is 2. The number of rotatable bonds is 3. The maximum absolute atomic E-state index is 4.50. The molecule has 116 valence electrons. The summed E-state index contributed by atoms with van der Waals surface area (Å²) >= 11 is 3.54. The molecule has 1 atom stereocenters. The normalized spacial score (nSPS) is 17.0. The summed E-state index contributed by atoms with van der Waals surface area (Å²) in [5, 5.41) is 8.12. The molecular weight excluding hydrogens is 352 g/mol. The van der Waals surface area contributed by atoms with Gasteiger partial charge in [-0.15, -0.1) is 0 Å². The second kappa shape index (κ2) is 6.26. The van der Waals surface area contributed by atoms with Gasteiger partial charge in [0.25, 0.3) is 0 Å². The van der Waals surface area contributed by atoms with Crippen molar-refractivity contribution in [2.45, 2.75) is 12.5 Å². The van der Waals surface area contributed by atoms with Crippen molar-refractivity contribution in [1.82, 2.24) is 15.3 Å². The Morgan fingerprint density at radius 2 is 2.09 bits per heavy atom. The predicted molar refractivity (Wildman–Crippen MR) is 96.6 cm³/mol. The van der Waals surface area contributed by atoms with Crippen LogP contribution >= 0.6 is 15.9 Å². The molecule has 2 N–H and O–H groups in total. The van der Waals surface area contributed by atoms with Gasteiger partial charge in [0.15, 0.2) is 5.82 Å². The Bertz CT molecular complexity index is 849. The van der Waals surface area contributed by atoms with Gasteiger partial charge in [0.05, 0.1) is 0 Å². The van der Waals surface area contributed by atoms with Crippen molar-refractivity contribution in [2.24, 2.45) is 0 Å². The summed E-state index contributed by atoms with van der Waals surface area (Å²) < 4.78 is 0.965. The highest BCUT2D eigenvalue weighted by Crippen LogP contribution is 2.27. The van der Waals surface area contributed by atoms with Crippen molar-refractivity contribution in [2.75, 3.05) is 18.4 Å². The molecule has 0 fully saturated rings. The molecule has 4 rings (SSSR count). The SMILES string of the molecule is Brc1cnc(NCC2NCCc3ccccc32)c2ncccc12. The van der Waals surface area contributed by atoms with Crippen LogP contribution in [-0.2, 0) is 6.42 Å². The summed E-state index contributed by atoms with van der Waals surface area (Å²) in [5.74, 6) is 0.827. The highest BCUT2D eigenvalue weighted by molar-refractivity contribution is 9.10. The molecule has 0 saturated heterocycles. The minimum Gasteiger partial charge on any atom is -0.366 e. The number of hydrogen-bond acceptors (Lipinski definition) is 4. The first-order chi connectivity index (χ1) is 11.3. The van der Waals surface area contributed by atoms with E-state index in [9.17, 15) is 0 Å². The lowest BCUT2D eigenvalue weighted by Crippen LogP contribution is -2.34. The number of pyridine rings is 2. The van der Waals surface area contributed by atoms with Crippen molar-refractivity contribution < 1.29 is 0 Å². The molecule has 0 spiro atoms. The molecule has 1 aromatic carbocycles. The van der Waals surface area contributed by atoms with Crippen molar-refractivity contribution in [3.8, 4) is 0 Å². The van der Waals surface area contributed by atoms with Gasteiger partial charge in [0.1, 0.15) is 5.52 Å². The summed E-state index contributed by atoms with van der Waals surface area (Å²) in [6.07, 6.45) is 4.72. The molecule has 1 aliphatic heterocycles. The third kappa shape index (κ3) is 2.82. The molecule has 0 bridgehead atoms. The zero-order valence-electron chi connectivity index (χ0n) is 12.6. The van der Waals surface area contributed by atoms with Crippen LogP contribution in [0.2, 0.25) is 0 Å². The third-order valence-electron chi connectivity index (χ3n) is 4.29. The monoisotopic (exact) mass is 368 g/mol. The molecule has 23 heavy (non-hydrogen) atoms. The molecule has 2 aromatic heterocycles. The van der Waals surface area contributed by atoms with Gasteiger partial charge < -0.3 is 10.6 Å². The van der Waals surface area contributed by atoms with E-state index in [1.165, 1.54) is 11.1 Å². The molecule has 0 aliphatic carbocycles. The van der Waals surface area contributed by atoms with E-state index in [0.29, 0.717) is 6.04 Å². The van der Waals surface area contributed by atoms with Crippen LogP contribution < -0.4 is 10.6 Å². The number of nitrogens with zero attached hydrogens (tertiary/aromatic N) is 2. The minimum atomic E-state index is 0.296. The lowest BCUT2D eigenvalue weighted by atomic mass is 9.94. The largest absolute Gasteiger partial charge is 0.366 e. The molecule has 3 heterocycles. The Kier molecular flexibility index (Phi) is 3.97.